The first kappa shape index (κ1) is 12.8. The zero-order chi connectivity index (χ0) is 12.8. The molecular formula is C17H20O. The number of hydrogen-bond donors (Lipinski definition) is 1. The van der Waals surface area contributed by atoms with Crippen molar-refractivity contribution in [1.82, 2.24) is 0 Å². The molecule has 0 bridgehead atoms. The predicted molar refractivity (Wildman–Crippen MR) is 75.6 cm³/mol. The van der Waals surface area contributed by atoms with E-state index in [1.165, 1.54) is 11.1 Å². The number of aliphatic hydroxyl groups excluding tert-OH is 1. The van der Waals surface area contributed by atoms with Crippen LogP contribution >= 0.6 is 0 Å². The molecule has 2 aromatic carbocycles. The molecule has 94 valence electrons. The summed E-state index contributed by atoms with van der Waals surface area (Å²) < 4.78 is 0. The van der Waals surface area contributed by atoms with Crippen LogP contribution in [0.25, 0.3) is 0 Å². The van der Waals surface area contributed by atoms with Gasteiger partial charge in [0, 0.05) is 12.5 Å². The van der Waals surface area contributed by atoms with Gasteiger partial charge in [-0.05, 0) is 23.5 Å². The van der Waals surface area contributed by atoms with Gasteiger partial charge in [0.2, 0.25) is 0 Å². The molecule has 0 fully saturated rings. The Labute approximate surface area is 109 Å². The lowest BCUT2D eigenvalue weighted by molar-refractivity contribution is 0.255. The molecule has 0 heterocycles. The molecule has 2 rings (SSSR count). The van der Waals surface area contributed by atoms with Gasteiger partial charge in [0.25, 0.3) is 0 Å². The van der Waals surface area contributed by atoms with Crippen molar-refractivity contribution in [2.45, 2.75) is 19.3 Å². The first-order chi connectivity index (χ1) is 8.83. The van der Waals surface area contributed by atoms with E-state index in [0.29, 0.717) is 11.8 Å². The molecule has 18 heavy (non-hydrogen) atoms. The summed E-state index contributed by atoms with van der Waals surface area (Å²) in [6.45, 7) is 2.46. The van der Waals surface area contributed by atoms with Crippen molar-refractivity contribution >= 4 is 0 Å². The van der Waals surface area contributed by atoms with Gasteiger partial charge in [0.15, 0.2) is 0 Å². The lowest BCUT2D eigenvalue weighted by atomic mass is 9.80. The first-order valence-electron chi connectivity index (χ1n) is 6.53. The van der Waals surface area contributed by atoms with E-state index in [9.17, 15) is 5.11 Å². The fraction of sp³-hybridized carbons (Fsp3) is 0.294. The van der Waals surface area contributed by atoms with Crippen LogP contribution in [-0.2, 0) is 0 Å². The number of hydrogen-bond acceptors (Lipinski definition) is 1. The highest BCUT2D eigenvalue weighted by Gasteiger charge is 2.20. The molecule has 0 aliphatic rings. The molecule has 0 spiro atoms. The Bertz CT molecular complexity index is 410. The lowest BCUT2D eigenvalue weighted by Gasteiger charge is -2.24. The lowest BCUT2D eigenvalue weighted by Crippen LogP contribution is -2.13. The maximum atomic E-state index is 9.18. The van der Waals surface area contributed by atoms with E-state index in [1.54, 1.807) is 0 Å². The number of benzene rings is 2. The summed E-state index contributed by atoms with van der Waals surface area (Å²) in [6, 6.07) is 21.1. The van der Waals surface area contributed by atoms with Gasteiger partial charge < -0.3 is 5.11 Å². The quantitative estimate of drug-likeness (QED) is 0.842. The summed E-state index contributed by atoms with van der Waals surface area (Å²) >= 11 is 0. The molecule has 1 N–H and O–H groups in total. The Morgan fingerprint density at radius 1 is 0.833 bits per heavy atom. The van der Waals surface area contributed by atoms with E-state index >= 15 is 0 Å². The maximum Gasteiger partial charge on any atom is 0.0433 e. The second-order valence-corrected chi connectivity index (χ2v) is 4.79. The van der Waals surface area contributed by atoms with Gasteiger partial charge in [-0.1, -0.05) is 67.6 Å². The Morgan fingerprint density at radius 2 is 1.28 bits per heavy atom. The van der Waals surface area contributed by atoms with Crippen LogP contribution in [0.5, 0.6) is 0 Å². The molecule has 1 unspecified atom stereocenters. The van der Waals surface area contributed by atoms with E-state index < -0.39 is 0 Å². The van der Waals surface area contributed by atoms with Crippen LogP contribution in [0, 0.1) is 5.92 Å². The van der Waals surface area contributed by atoms with Gasteiger partial charge in [0.05, 0.1) is 0 Å². The average Bonchev–Trinajstić information content (AvgIpc) is 2.42. The summed E-state index contributed by atoms with van der Waals surface area (Å²) in [5.74, 6) is 0.791. The SMILES string of the molecule is CC(CCO)C(c1ccccc1)c1ccccc1. The van der Waals surface area contributed by atoms with Gasteiger partial charge in [-0.3, -0.25) is 0 Å². The summed E-state index contributed by atoms with van der Waals surface area (Å²) in [7, 11) is 0. The molecule has 0 aromatic heterocycles. The van der Waals surface area contributed by atoms with Gasteiger partial charge in [-0.25, -0.2) is 0 Å². The van der Waals surface area contributed by atoms with E-state index in [-0.39, 0.29) is 6.61 Å². The summed E-state index contributed by atoms with van der Waals surface area (Å²) in [5, 5.41) is 9.18. The third-order valence-electron chi connectivity index (χ3n) is 3.47. The standard InChI is InChI=1S/C17H20O/c1-14(12-13-18)17(15-8-4-2-5-9-15)16-10-6-3-7-11-16/h2-11,14,17-18H,12-13H2,1H3. The van der Waals surface area contributed by atoms with Crippen molar-refractivity contribution in [2.75, 3.05) is 6.61 Å². The Kier molecular flexibility index (Phi) is 4.54. The molecule has 1 heteroatoms. The van der Waals surface area contributed by atoms with Crippen LogP contribution in [0.3, 0.4) is 0 Å². The molecule has 0 saturated carbocycles. The Morgan fingerprint density at radius 3 is 1.67 bits per heavy atom. The molecule has 0 aliphatic heterocycles. The minimum absolute atomic E-state index is 0.247. The highest BCUT2D eigenvalue weighted by molar-refractivity contribution is 5.33. The molecule has 1 nitrogen and oxygen atoms in total. The smallest absolute Gasteiger partial charge is 0.0433 e. The molecule has 0 amide bonds. The molecule has 0 aliphatic carbocycles. The highest BCUT2D eigenvalue weighted by Crippen LogP contribution is 2.33. The fourth-order valence-corrected chi connectivity index (χ4v) is 2.54. The average molecular weight is 240 g/mol. The molecular weight excluding hydrogens is 220 g/mol. The van der Waals surface area contributed by atoms with Crippen molar-refractivity contribution < 1.29 is 5.11 Å². The normalized spacial score (nSPS) is 12.6. The maximum absolute atomic E-state index is 9.18. The zero-order valence-electron chi connectivity index (χ0n) is 10.8. The van der Waals surface area contributed by atoms with Crippen molar-refractivity contribution in [2.24, 2.45) is 5.92 Å². The van der Waals surface area contributed by atoms with Crippen molar-refractivity contribution in [1.29, 1.82) is 0 Å². The highest BCUT2D eigenvalue weighted by atomic mass is 16.3. The first-order valence-corrected chi connectivity index (χ1v) is 6.53. The predicted octanol–water partition coefficient (Wildman–Crippen LogP) is 3.84. The Balaban J connectivity index is 2.35. The van der Waals surface area contributed by atoms with Crippen molar-refractivity contribution in [3.05, 3.63) is 71.8 Å². The van der Waals surface area contributed by atoms with Gasteiger partial charge in [-0.2, -0.15) is 0 Å². The minimum atomic E-state index is 0.247. The van der Waals surface area contributed by atoms with Crippen LogP contribution < -0.4 is 0 Å². The van der Waals surface area contributed by atoms with Crippen molar-refractivity contribution in [3.63, 3.8) is 0 Å². The molecule has 0 radical (unpaired) electrons. The van der Waals surface area contributed by atoms with Crippen LogP contribution in [0.15, 0.2) is 60.7 Å². The van der Waals surface area contributed by atoms with E-state index in [1.807, 2.05) is 12.1 Å². The fourth-order valence-electron chi connectivity index (χ4n) is 2.54. The van der Waals surface area contributed by atoms with Crippen molar-refractivity contribution in [3.8, 4) is 0 Å². The second-order valence-electron chi connectivity index (χ2n) is 4.79. The van der Waals surface area contributed by atoms with Gasteiger partial charge in [0.1, 0.15) is 0 Å². The van der Waals surface area contributed by atoms with Crippen LogP contribution in [0.2, 0.25) is 0 Å². The number of aliphatic hydroxyl groups is 1. The van der Waals surface area contributed by atoms with Gasteiger partial charge in [-0.15, -0.1) is 0 Å². The molecule has 1 atom stereocenters. The summed E-state index contributed by atoms with van der Waals surface area (Å²) in [5.41, 5.74) is 2.65. The summed E-state index contributed by atoms with van der Waals surface area (Å²) in [4.78, 5) is 0. The third-order valence-corrected chi connectivity index (χ3v) is 3.47. The zero-order valence-corrected chi connectivity index (χ0v) is 10.8. The monoisotopic (exact) mass is 240 g/mol. The van der Waals surface area contributed by atoms with E-state index in [2.05, 4.69) is 55.5 Å². The molecule has 0 saturated heterocycles. The second kappa shape index (κ2) is 6.36. The third kappa shape index (κ3) is 2.99. The number of rotatable bonds is 5. The van der Waals surface area contributed by atoms with Crippen LogP contribution in [0.4, 0.5) is 0 Å². The molecule has 2 aromatic rings. The van der Waals surface area contributed by atoms with Gasteiger partial charge >= 0.3 is 0 Å². The van der Waals surface area contributed by atoms with Crippen LogP contribution in [0.1, 0.15) is 30.4 Å². The Hall–Kier alpha value is -1.60. The minimum Gasteiger partial charge on any atom is -0.396 e. The summed E-state index contributed by atoms with van der Waals surface area (Å²) in [6.07, 6.45) is 0.828. The van der Waals surface area contributed by atoms with E-state index in [4.69, 9.17) is 0 Å². The largest absolute Gasteiger partial charge is 0.396 e. The van der Waals surface area contributed by atoms with E-state index in [0.717, 1.165) is 6.42 Å². The topological polar surface area (TPSA) is 20.2 Å². The van der Waals surface area contributed by atoms with Crippen LogP contribution in [-0.4, -0.2) is 11.7 Å².